The van der Waals surface area contributed by atoms with Crippen LogP contribution in [0.5, 0.6) is 5.75 Å². The lowest BCUT2D eigenvalue weighted by molar-refractivity contribution is 0.102. The highest BCUT2D eigenvalue weighted by Crippen LogP contribution is 2.21. The van der Waals surface area contributed by atoms with Crippen LogP contribution in [0.1, 0.15) is 27.0 Å². The van der Waals surface area contributed by atoms with Gasteiger partial charge in [0.15, 0.2) is 0 Å². The van der Waals surface area contributed by atoms with Crippen LogP contribution in [0, 0.1) is 13.8 Å². The maximum Gasteiger partial charge on any atom is 0.255 e. The van der Waals surface area contributed by atoms with E-state index in [2.05, 4.69) is 17.4 Å². The largest absolute Gasteiger partial charge is 0.493 e. The molecule has 3 aromatic rings. The average Bonchev–Trinajstić information content (AvgIpc) is 2.66. The van der Waals surface area contributed by atoms with Crippen LogP contribution in [0.15, 0.2) is 72.8 Å². The fourth-order valence-corrected chi connectivity index (χ4v) is 2.83. The van der Waals surface area contributed by atoms with Crippen molar-refractivity contribution >= 4 is 11.6 Å². The smallest absolute Gasteiger partial charge is 0.255 e. The molecule has 0 spiro atoms. The average molecular weight is 345 g/mol. The van der Waals surface area contributed by atoms with Crippen molar-refractivity contribution < 1.29 is 9.53 Å². The van der Waals surface area contributed by atoms with E-state index in [0.717, 1.165) is 29.0 Å². The van der Waals surface area contributed by atoms with E-state index in [1.165, 1.54) is 5.56 Å². The third-order valence-electron chi connectivity index (χ3n) is 4.34. The highest BCUT2D eigenvalue weighted by Gasteiger charge is 2.09. The fraction of sp³-hybridized carbons (Fsp3) is 0.174. The number of carbonyl (C=O) groups excluding carboxylic acids is 1. The van der Waals surface area contributed by atoms with Crippen LogP contribution in [0.4, 0.5) is 5.69 Å². The van der Waals surface area contributed by atoms with E-state index in [1.807, 2.05) is 62.4 Å². The van der Waals surface area contributed by atoms with E-state index in [1.54, 1.807) is 12.1 Å². The Morgan fingerprint density at radius 3 is 2.15 bits per heavy atom. The summed E-state index contributed by atoms with van der Waals surface area (Å²) in [5.41, 5.74) is 4.85. The quantitative estimate of drug-likeness (QED) is 0.669. The lowest BCUT2D eigenvalue weighted by atomic mass is 10.1. The summed E-state index contributed by atoms with van der Waals surface area (Å²) in [5.74, 6) is 0.655. The molecule has 3 rings (SSSR count). The van der Waals surface area contributed by atoms with Gasteiger partial charge in [0.25, 0.3) is 5.91 Å². The van der Waals surface area contributed by atoms with Gasteiger partial charge in [0.2, 0.25) is 0 Å². The molecule has 132 valence electrons. The molecule has 0 aliphatic heterocycles. The van der Waals surface area contributed by atoms with Crippen LogP contribution in [0.2, 0.25) is 0 Å². The molecule has 0 atom stereocenters. The predicted octanol–water partition coefficient (Wildman–Crippen LogP) is 5.18. The number of ether oxygens (including phenoxy) is 1. The van der Waals surface area contributed by atoms with Gasteiger partial charge in [-0.15, -0.1) is 0 Å². The van der Waals surface area contributed by atoms with E-state index in [0.29, 0.717) is 12.2 Å². The van der Waals surface area contributed by atoms with Gasteiger partial charge in [0, 0.05) is 17.7 Å². The SMILES string of the molecule is Cc1cccc(C)c1NC(=O)c1ccc(OCCc2ccccc2)cc1. The first-order valence-electron chi connectivity index (χ1n) is 8.78. The number of hydrogen-bond acceptors (Lipinski definition) is 2. The van der Waals surface area contributed by atoms with Crippen molar-refractivity contribution in [1.82, 2.24) is 0 Å². The Morgan fingerprint density at radius 1 is 0.846 bits per heavy atom. The predicted molar refractivity (Wildman–Crippen MR) is 106 cm³/mol. The van der Waals surface area contributed by atoms with Gasteiger partial charge in [-0.1, -0.05) is 48.5 Å². The van der Waals surface area contributed by atoms with E-state index >= 15 is 0 Å². The van der Waals surface area contributed by atoms with Gasteiger partial charge in [-0.05, 0) is 54.8 Å². The Balaban J connectivity index is 1.57. The molecular weight excluding hydrogens is 322 g/mol. The van der Waals surface area contributed by atoms with Crippen LogP contribution in [-0.4, -0.2) is 12.5 Å². The zero-order valence-electron chi connectivity index (χ0n) is 15.2. The van der Waals surface area contributed by atoms with Crippen molar-refractivity contribution in [1.29, 1.82) is 0 Å². The standard InChI is InChI=1S/C23H23NO2/c1-17-7-6-8-18(2)22(17)24-23(25)20-11-13-21(14-12-20)26-16-15-19-9-4-3-5-10-19/h3-14H,15-16H2,1-2H3,(H,24,25). The molecular formula is C23H23NO2. The minimum Gasteiger partial charge on any atom is -0.493 e. The Labute approximate surface area is 154 Å². The maximum atomic E-state index is 12.5. The van der Waals surface area contributed by atoms with Crippen LogP contribution in [0.3, 0.4) is 0 Å². The van der Waals surface area contributed by atoms with E-state index in [9.17, 15) is 4.79 Å². The second-order valence-corrected chi connectivity index (χ2v) is 6.33. The van der Waals surface area contributed by atoms with Crippen molar-refractivity contribution in [2.45, 2.75) is 20.3 Å². The zero-order chi connectivity index (χ0) is 18.4. The molecule has 0 fully saturated rings. The molecule has 0 aromatic heterocycles. The number of rotatable bonds is 6. The molecule has 0 aliphatic rings. The summed E-state index contributed by atoms with van der Waals surface area (Å²) in [4.78, 5) is 12.5. The molecule has 1 N–H and O–H groups in total. The van der Waals surface area contributed by atoms with Crippen molar-refractivity contribution in [3.63, 3.8) is 0 Å². The van der Waals surface area contributed by atoms with Gasteiger partial charge in [0.1, 0.15) is 5.75 Å². The molecule has 0 heterocycles. The number of anilines is 1. The minimum absolute atomic E-state index is 0.113. The molecule has 26 heavy (non-hydrogen) atoms. The van der Waals surface area contributed by atoms with Gasteiger partial charge < -0.3 is 10.1 Å². The molecule has 0 saturated heterocycles. The Kier molecular flexibility index (Phi) is 5.69. The summed E-state index contributed by atoms with van der Waals surface area (Å²) >= 11 is 0. The first-order chi connectivity index (χ1) is 12.6. The van der Waals surface area contributed by atoms with E-state index in [-0.39, 0.29) is 5.91 Å². The Hall–Kier alpha value is -3.07. The van der Waals surface area contributed by atoms with Gasteiger partial charge in [-0.3, -0.25) is 4.79 Å². The summed E-state index contributed by atoms with van der Waals surface area (Å²) in [7, 11) is 0. The van der Waals surface area contributed by atoms with Gasteiger partial charge in [0.05, 0.1) is 6.61 Å². The molecule has 0 saturated carbocycles. The number of aryl methyl sites for hydroxylation is 2. The molecule has 3 nitrogen and oxygen atoms in total. The summed E-state index contributed by atoms with van der Waals surface area (Å²) in [6.07, 6.45) is 0.857. The number of nitrogens with one attached hydrogen (secondary N) is 1. The van der Waals surface area contributed by atoms with Crippen molar-refractivity contribution in [3.8, 4) is 5.75 Å². The van der Waals surface area contributed by atoms with Crippen molar-refractivity contribution in [2.24, 2.45) is 0 Å². The second-order valence-electron chi connectivity index (χ2n) is 6.33. The zero-order valence-corrected chi connectivity index (χ0v) is 15.2. The molecule has 0 radical (unpaired) electrons. The topological polar surface area (TPSA) is 38.3 Å². The highest BCUT2D eigenvalue weighted by atomic mass is 16.5. The van der Waals surface area contributed by atoms with Crippen molar-refractivity contribution in [3.05, 3.63) is 95.1 Å². The highest BCUT2D eigenvalue weighted by molar-refractivity contribution is 6.05. The monoisotopic (exact) mass is 345 g/mol. The van der Waals surface area contributed by atoms with E-state index < -0.39 is 0 Å². The molecule has 3 aromatic carbocycles. The normalized spacial score (nSPS) is 10.4. The van der Waals surface area contributed by atoms with Crippen LogP contribution < -0.4 is 10.1 Å². The van der Waals surface area contributed by atoms with Crippen LogP contribution in [0.25, 0.3) is 0 Å². The first kappa shape index (κ1) is 17.7. The first-order valence-corrected chi connectivity index (χ1v) is 8.78. The molecule has 3 heteroatoms. The van der Waals surface area contributed by atoms with Gasteiger partial charge in [-0.25, -0.2) is 0 Å². The summed E-state index contributed by atoms with van der Waals surface area (Å²) in [6, 6.07) is 23.5. The molecule has 1 amide bonds. The maximum absolute atomic E-state index is 12.5. The Bertz CT molecular complexity index is 850. The van der Waals surface area contributed by atoms with Crippen molar-refractivity contribution in [2.75, 3.05) is 11.9 Å². The Morgan fingerprint density at radius 2 is 1.50 bits per heavy atom. The number of benzene rings is 3. The number of para-hydroxylation sites is 1. The lowest BCUT2D eigenvalue weighted by Gasteiger charge is -2.12. The third-order valence-corrected chi connectivity index (χ3v) is 4.34. The number of carbonyl (C=O) groups is 1. The molecule has 0 unspecified atom stereocenters. The lowest BCUT2D eigenvalue weighted by Crippen LogP contribution is -2.13. The summed E-state index contributed by atoms with van der Waals surface area (Å²) in [6.45, 7) is 4.59. The van der Waals surface area contributed by atoms with Gasteiger partial charge >= 0.3 is 0 Å². The van der Waals surface area contributed by atoms with Crippen LogP contribution in [-0.2, 0) is 6.42 Å². The summed E-state index contributed by atoms with van der Waals surface area (Å²) < 4.78 is 5.77. The van der Waals surface area contributed by atoms with Crippen LogP contribution >= 0.6 is 0 Å². The second kappa shape index (κ2) is 8.34. The third kappa shape index (κ3) is 4.51. The minimum atomic E-state index is -0.113. The fourth-order valence-electron chi connectivity index (χ4n) is 2.83. The van der Waals surface area contributed by atoms with Gasteiger partial charge in [-0.2, -0.15) is 0 Å². The summed E-state index contributed by atoms with van der Waals surface area (Å²) in [5, 5.41) is 3.00. The molecule has 0 aliphatic carbocycles. The molecule has 0 bridgehead atoms. The number of amides is 1. The number of hydrogen-bond donors (Lipinski definition) is 1. The van der Waals surface area contributed by atoms with E-state index in [4.69, 9.17) is 4.74 Å².